The van der Waals surface area contributed by atoms with Crippen LogP contribution in [0, 0.1) is 0 Å². The van der Waals surface area contributed by atoms with Gasteiger partial charge in [0.05, 0.1) is 36.5 Å². The molecular weight excluding hydrogens is 332 g/mol. The molecule has 0 spiro atoms. The molecule has 1 aromatic heterocycles. The highest BCUT2D eigenvalue weighted by Crippen LogP contribution is 2.28. The van der Waals surface area contributed by atoms with Crippen molar-refractivity contribution in [3.63, 3.8) is 0 Å². The summed E-state index contributed by atoms with van der Waals surface area (Å²) in [5, 5.41) is 10.5. The summed E-state index contributed by atoms with van der Waals surface area (Å²) in [6.07, 6.45) is 3.50. The number of piperazine rings is 1. The minimum Gasteiger partial charge on any atom is -0.391 e. The standard InChI is InChI=1S/C19H26N4O3/c1-26-11-10-23-13-20-16-12-14(2-3-15(16)19(23)25)21-6-8-22(9-7-21)17-4-5-18(17)24/h2-3,12-13,17-18,24H,4-11H2,1H3. The van der Waals surface area contributed by atoms with Crippen LogP contribution in [-0.2, 0) is 11.3 Å². The van der Waals surface area contributed by atoms with Gasteiger partial charge in [0.15, 0.2) is 0 Å². The maximum absolute atomic E-state index is 12.5. The Hall–Kier alpha value is -1.96. The van der Waals surface area contributed by atoms with Crippen molar-refractivity contribution in [1.29, 1.82) is 0 Å². The summed E-state index contributed by atoms with van der Waals surface area (Å²) >= 11 is 0. The van der Waals surface area contributed by atoms with Gasteiger partial charge in [-0.25, -0.2) is 4.98 Å². The van der Waals surface area contributed by atoms with Crippen LogP contribution in [-0.4, -0.2) is 71.6 Å². The van der Waals surface area contributed by atoms with Gasteiger partial charge >= 0.3 is 0 Å². The smallest absolute Gasteiger partial charge is 0.261 e. The SMILES string of the molecule is COCCn1cnc2cc(N3CCN(C4CCC4O)CC3)ccc2c1=O. The monoisotopic (exact) mass is 358 g/mol. The molecule has 0 bridgehead atoms. The molecule has 0 radical (unpaired) electrons. The highest BCUT2D eigenvalue weighted by molar-refractivity contribution is 5.81. The van der Waals surface area contributed by atoms with Crippen molar-refractivity contribution in [3.05, 3.63) is 34.9 Å². The van der Waals surface area contributed by atoms with E-state index in [0.717, 1.165) is 50.2 Å². The highest BCUT2D eigenvalue weighted by atomic mass is 16.5. The zero-order valence-corrected chi connectivity index (χ0v) is 15.2. The van der Waals surface area contributed by atoms with E-state index in [1.807, 2.05) is 18.2 Å². The fourth-order valence-electron chi connectivity index (χ4n) is 3.89. The lowest BCUT2D eigenvalue weighted by Crippen LogP contribution is -2.57. The topological polar surface area (TPSA) is 70.8 Å². The van der Waals surface area contributed by atoms with Gasteiger partial charge in [-0.05, 0) is 31.0 Å². The van der Waals surface area contributed by atoms with E-state index in [-0.39, 0.29) is 11.7 Å². The van der Waals surface area contributed by atoms with Crippen LogP contribution in [0.4, 0.5) is 5.69 Å². The number of ether oxygens (including phenoxy) is 1. The Morgan fingerprint density at radius 3 is 2.69 bits per heavy atom. The van der Waals surface area contributed by atoms with Crippen LogP contribution < -0.4 is 10.5 Å². The average molecular weight is 358 g/mol. The second-order valence-electron chi connectivity index (χ2n) is 7.17. The Balaban J connectivity index is 1.48. The molecule has 2 atom stereocenters. The summed E-state index contributed by atoms with van der Waals surface area (Å²) in [7, 11) is 1.62. The number of nitrogens with zero attached hydrogens (tertiary/aromatic N) is 4. The summed E-state index contributed by atoms with van der Waals surface area (Å²) in [4.78, 5) is 21.7. The lowest BCUT2D eigenvalue weighted by molar-refractivity contribution is -0.0229. The Morgan fingerprint density at radius 2 is 2.04 bits per heavy atom. The van der Waals surface area contributed by atoms with Gasteiger partial charge in [-0.3, -0.25) is 14.3 Å². The lowest BCUT2D eigenvalue weighted by Gasteiger charge is -2.46. The summed E-state index contributed by atoms with van der Waals surface area (Å²) in [5.74, 6) is 0. The van der Waals surface area contributed by atoms with Crippen LogP contribution in [0.15, 0.2) is 29.3 Å². The Morgan fingerprint density at radius 1 is 1.23 bits per heavy atom. The molecule has 1 aromatic carbocycles. The molecule has 140 valence electrons. The largest absolute Gasteiger partial charge is 0.391 e. The van der Waals surface area contributed by atoms with Crippen molar-refractivity contribution >= 4 is 16.6 Å². The number of rotatable bonds is 5. The van der Waals surface area contributed by atoms with Crippen molar-refractivity contribution in [2.24, 2.45) is 0 Å². The number of anilines is 1. The molecule has 4 rings (SSSR count). The van der Waals surface area contributed by atoms with Crippen molar-refractivity contribution in [2.45, 2.75) is 31.5 Å². The number of benzene rings is 1. The average Bonchev–Trinajstić information content (AvgIpc) is 2.66. The van der Waals surface area contributed by atoms with E-state index in [0.29, 0.717) is 24.6 Å². The summed E-state index contributed by atoms with van der Waals surface area (Å²) in [5.41, 5.74) is 1.81. The Bertz CT molecular complexity index is 829. The van der Waals surface area contributed by atoms with Gasteiger partial charge < -0.3 is 14.7 Å². The van der Waals surface area contributed by atoms with E-state index in [2.05, 4.69) is 14.8 Å². The fourth-order valence-corrected chi connectivity index (χ4v) is 3.89. The van der Waals surface area contributed by atoms with E-state index in [9.17, 15) is 9.90 Å². The molecule has 1 aliphatic carbocycles. The first-order valence-electron chi connectivity index (χ1n) is 9.32. The van der Waals surface area contributed by atoms with Gasteiger partial charge in [0.25, 0.3) is 5.56 Å². The van der Waals surface area contributed by atoms with Crippen LogP contribution in [0.1, 0.15) is 12.8 Å². The zero-order valence-electron chi connectivity index (χ0n) is 15.2. The number of hydrogen-bond donors (Lipinski definition) is 1. The van der Waals surface area contributed by atoms with E-state index in [4.69, 9.17) is 4.74 Å². The van der Waals surface area contributed by atoms with Gasteiger partial charge in [0.1, 0.15) is 0 Å². The minimum atomic E-state index is -0.147. The second-order valence-corrected chi connectivity index (χ2v) is 7.17. The Labute approximate surface area is 152 Å². The molecule has 1 N–H and O–H groups in total. The predicted molar refractivity (Wildman–Crippen MR) is 101 cm³/mol. The molecule has 0 amide bonds. The molecule has 1 aliphatic heterocycles. The van der Waals surface area contributed by atoms with Crippen LogP contribution in [0.2, 0.25) is 0 Å². The molecular formula is C19H26N4O3. The molecule has 7 nitrogen and oxygen atoms in total. The third kappa shape index (κ3) is 3.22. The molecule has 2 unspecified atom stereocenters. The maximum Gasteiger partial charge on any atom is 0.261 e. The van der Waals surface area contributed by atoms with Crippen molar-refractivity contribution in [1.82, 2.24) is 14.5 Å². The van der Waals surface area contributed by atoms with Crippen LogP contribution in [0.25, 0.3) is 10.9 Å². The highest BCUT2D eigenvalue weighted by Gasteiger charge is 2.35. The first-order chi connectivity index (χ1) is 12.7. The van der Waals surface area contributed by atoms with Crippen molar-refractivity contribution in [3.8, 4) is 0 Å². The molecule has 2 fully saturated rings. The molecule has 1 saturated heterocycles. The first-order valence-corrected chi connectivity index (χ1v) is 9.32. The molecule has 2 aromatic rings. The normalized spacial score (nSPS) is 24.0. The predicted octanol–water partition coefficient (Wildman–Crippen LogP) is 0.688. The zero-order chi connectivity index (χ0) is 18.1. The molecule has 2 aliphatic rings. The van der Waals surface area contributed by atoms with Gasteiger partial charge in [-0.1, -0.05) is 0 Å². The molecule has 1 saturated carbocycles. The minimum absolute atomic E-state index is 0.0256. The quantitative estimate of drug-likeness (QED) is 0.848. The number of fused-ring (bicyclic) bond motifs is 1. The van der Waals surface area contributed by atoms with Gasteiger partial charge in [-0.2, -0.15) is 0 Å². The number of aromatic nitrogens is 2. The third-order valence-corrected chi connectivity index (χ3v) is 5.70. The molecule has 26 heavy (non-hydrogen) atoms. The summed E-state index contributed by atoms with van der Waals surface area (Å²) < 4.78 is 6.63. The van der Waals surface area contributed by atoms with E-state index in [1.165, 1.54) is 0 Å². The molecule has 7 heteroatoms. The van der Waals surface area contributed by atoms with Gasteiger partial charge in [-0.15, -0.1) is 0 Å². The van der Waals surface area contributed by atoms with Crippen LogP contribution in [0.3, 0.4) is 0 Å². The van der Waals surface area contributed by atoms with Crippen molar-refractivity contribution in [2.75, 3.05) is 44.8 Å². The van der Waals surface area contributed by atoms with E-state index in [1.54, 1.807) is 18.0 Å². The number of aliphatic hydroxyl groups is 1. The fraction of sp³-hybridized carbons (Fsp3) is 0.579. The molecule has 2 heterocycles. The summed E-state index contributed by atoms with van der Waals surface area (Å²) in [6.45, 7) is 4.79. The third-order valence-electron chi connectivity index (χ3n) is 5.70. The van der Waals surface area contributed by atoms with Crippen molar-refractivity contribution < 1.29 is 9.84 Å². The first kappa shape index (κ1) is 17.5. The van der Waals surface area contributed by atoms with Crippen LogP contribution in [0.5, 0.6) is 0 Å². The lowest BCUT2D eigenvalue weighted by atomic mass is 9.87. The van der Waals surface area contributed by atoms with Gasteiger partial charge in [0.2, 0.25) is 0 Å². The van der Waals surface area contributed by atoms with E-state index >= 15 is 0 Å². The number of methoxy groups -OCH3 is 1. The Kier molecular flexibility index (Phi) is 4.93. The maximum atomic E-state index is 12.5. The summed E-state index contributed by atoms with van der Waals surface area (Å²) in [6, 6.07) is 6.25. The number of aliphatic hydroxyl groups excluding tert-OH is 1. The second kappa shape index (κ2) is 7.34. The number of hydrogen-bond acceptors (Lipinski definition) is 6. The van der Waals surface area contributed by atoms with Crippen LogP contribution >= 0.6 is 0 Å². The van der Waals surface area contributed by atoms with E-state index < -0.39 is 0 Å². The van der Waals surface area contributed by atoms with Gasteiger partial charge in [0, 0.05) is 45.0 Å².